The summed E-state index contributed by atoms with van der Waals surface area (Å²) in [4.78, 5) is 19.9. The summed E-state index contributed by atoms with van der Waals surface area (Å²) < 4.78 is 2.05. The van der Waals surface area contributed by atoms with E-state index in [2.05, 4.69) is 55.4 Å². The molecule has 5 rings (SSSR count). The molecule has 0 saturated carbocycles. The monoisotopic (exact) mass is 591 g/mol. The van der Waals surface area contributed by atoms with Crippen molar-refractivity contribution in [1.29, 1.82) is 0 Å². The Kier molecular flexibility index (Phi) is 7.26. The van der Waals surface area contributed by atoms with Gasteiger partial charge in [0.2, 0.25) is 5.91 Å². The van der Waals surface area contributed by atoms with Crippen molar-refractivity contribution >= 4 is 49.4 Å². The van der Waals surface area contributed by atoms with E-state index in [9.17, 15) is 4.79 Å². The number of nitrogens with zero attached hydrogens (tertiary/aromatic N) is 2. The van der Waals surface area contributed by atoms with Gasteiger partial charge in [-0.2, -0.15) is 0 Å². The van der Waals surface area contributed by atoms with Crippen molar-refractivity contribution in [2.45, 2.75) is 44.4 Å². The van der Waals surface area contributed by atoms with Crippen LogP contribution in [0.1, 0.15) is 54.0 Å². The predicted molar refractivity (Wildman–Crippen MR) is 140 cm³/mol. The van der Waals surface area contributed by atoms with Gasteiger partial charge in [-0.05, 0) is 102 Å². The zero-order valence-electron chi connectivity index (χ0n) is 18.5. The average Bonchev–Trinajstić information content (AvgIpc) is 2.96. The van der Waals surface area contributed by atoms with Crippen LogP contribution in [-0.4, -0.2) is 42.0 Å². The van der Waals surface area contributed by atoms with Crippen molar-refractivity contribution in [3.63, 3.8) is 0 Å². The highest BCUT2D eigenvalue weighted by Gasteiger charge is 2.32. The van der Waals surface area contributed by atoms with Gasteiger partial charge in [-0.3, -0.25) is 9.78 Å². The molecule has 2 aromatic rings. The fraction of sp³-hybridized carbons (Fsp3) is 0.462. The first-order valence-corrected chi connectivity index (χ1v) is 13.8. The minimum atomic E-state index is 0.0823. The number of rotatable bonds is 3. The highest BCUT2D eigenvalue weighted by Crippen LogP contribution is 2.44. The minimum Gasteiger partial charge on any atom is -0.339 e. The van der Waals surface area contributed by atoms with Crippen LogP contribution in [0.25, 0.3) is 0 Å². The minimum absolute atomic E-state index is 0.0823. The molecule has 0 unspecified atom stereocenters. The molecule has 7 heteroatoms. The molecular weight excluding hydrogens is 566 g/mol. The van der Waals surface area contributed by atoms with E-state index >= 15 is 0 Å². The van der Waals surface area contributed by atoms with E-state index in [0.29, 0.717) is 24.8 Å². The zero-order chi connectivity index (χ0) is 22.9. The summed E-state index contributed by atoms with van der Waals surface area (Å²) in [6.45, 7) is 3.52. The van der Waals surface area contributed by atoms with Gasteiger partial charge in [-0.1, -0.05) is 39.2 Å². The number of piperidine rings is 1. The molecule has 2 aliphatic heterocycles. The smallest absolute Gasteiger partial charge is 0.223 e. The van der Waals surface area contributed by atoms with E-state index in [1.54, 1.807) is 0 Å². The number of pyridine rings is 1. The second-order valence-electron chi connectivity index (χ2n) is 9.36. The normalized spacial score (nSPS) is 21.1. The number of hydrogen-bond acceptors (Lipinski definition) is 3. The molecule has 174 valence electrons. The number of fused-ring (bicyclic) bond motifs is 2. The largest absolute Gasteiger partial charge is 0.339 e. The van der Waals surface area contributed by atoms with Gasteiger partial charge in [0.05, 0.1) is 5.69 Å². The van der Waals surface area contributed by atoms with Crippen LogP contribution in [0.4, 0.5) is 0 Å². The van der Waals surface area contributed by atoms with Gasteiger partial charge in [0.25, 0.3) is 0 Å². The number of aryl methyl sites for hydroxylation is 2. The van der Waals surface area contributed by atoms with E-state index in [0.717, 1.165) is 71.4 Å². The molecule has 33 heavy (non-hydrogen) atoms. The molecule has 1 aliphatic carbocycles. The van der Waals surface area contributed by atoms with Crippen molar-refractivity contribution in [1.82, 2.24) is 15.2 Å². The molecular formula is C26H28Br2ClN3O. The molecule has 0 spiro atoms. The van der Waals surface area contributed by atoms with Gasteiger partial charge in [0, 0.05) is 45.6 Å². The lowest BCUT2D eigenvalue weighted by molar-refractivity contribution is -0.132. The number of halogens is 3. The average molecular weight is 594 g/mol. The van der Waals surface area contributed by atoms with Gasteiger partial charge in [0.15, 0.2) is 0 Å². The fourth-order valence-electron chi connectivity index (χ4n) is 5.52. The summed E-state index contributed by atoms with van der Waals surface area (Å²) in [7, 11) is 0. The van der Waals surface area contributed by atoms with Crippen LogP contribution < -0.4 is 5.32 Å². The lowest BCUT2D eigenvalue weighted by Crippen LogP contribution is -2.38. The van der Waals surface area contributed by atoms with Gasteiger partial charge in [-0.25, -0.2) is 0 Å². The molecule has 0 radical (unpaired) electrons. The number of carbonyl (C=O) groups is 1. The first kappa shape index (κ1) is 23.5. The summed E-state index contributed by atoms with van der Waals surface area (Å²) >= 11 is 13.8. The second kappa shape index (κ2) is 10.2. The Morgan fingerprint density at radius 3 is 2.67 bits per heavy atom. The van der Waals surface area contributed by atoms with Crippen molar-refractivity contribution in [2.24, 2.45) is 5.92 Å². The third-order valence-electron chi connectivity index (χ3n) is 7.26. The first-order valence-electron chi connectivity index (χ1n) is 11.8. The molecule has 3 heterocycles. The van der Waals surface area contributed by atoms with Crippen molar-refractivity contribution < 1.29 is 4.79 Å². The molecule has 1 atom stereocenters. The number of carbonyl (C=O) groups excluding carboxylic acids is 1. The Balaban J connectivity index is 1.44. The Bertz CT molecular complexity index is 1100. The number of aromatic nitrogens is 1. The molecule has 4 nitrogen and oxygen atoms in total. The van der Waals surface area contributed by atoms with Crippen LogP contribution in [0.5, 0.6) is 0 Å². The predicted octanol–water partition coefficient (Wildman–Crippen LogP) is 6.04. The fourth-order valence-corrected chi connectivity index (χ4v) is 7.00. The van der Waals surface area contributed by atoms with Gasteiger partial charge >= 0.3 is 0 Å². The maximum absolute atomic E-state index is 13.0. The van der Waals surface area contributed by atoms with Crippen molar-refractivity contribution in [3.8, 4) is 0 Å². The van der Waals surface area contributed by atoms with E-state index in [-0.39, 0.29) is 5.92 Å². The Morgan fingerprint density at radius 2 is 1.91 bits per heavy atom. The Labute approximate surface area is 217 Å². The van der Waals surface area contributed by atoms with E-state index in [1.165, 1.54) is 22.3 Å². The Hall–Kier alpha value is -1.21. The van der Waals surface area contributed by atoms with Crippen LogP contribution >= 0.6 is 43.5 Å². The summed E-state index contributed by atoms with van der Waals surface area (Å²) in [5.74, 6) is 0.904. The first-order chi connectivity index (χ1) is 16.0. The quantitative estimate of drug-likeness (QED) is 0.442. The molecule has 1 saturated heterocycles. The molecule has 3 aliphatic rings. The lowest BCUT2D eigenvalue weighted by Gasteiger charge is -2.32. The van der Waals surface area contributed by atoms with Crippen LogP contribution in [0, 0.1) is 5.92 Å². The summed E-state index contributed by atoms with van der Waals surface area (Å²) in [5.41, 5.74) is 6.30. The second-order valence-corrected chi connectivity index (χ2v) is 11.6. The summed E-state index contributed by atoms with van der Waals surface area (Å²) in [6, 6.07) is 6.30. The third kappa shape index (κ3) is 5.09. The molecule has 0 bridgehead atoms. The van der Waals surface area contributed by atoms with Gasteiger partial charge in [-0.15, -0.1) is 0 Å². The highest BCUT2D eigenvalue weighted by molar-refractivity contribution is 9.10. The standard InChI is InChI=1S/C26H28Br2ClN3O/c27-20-12-19-2-1-18-13-21(29)14-22(28)24(18)25(26(19)31-15-20)17-5-9-32(10-6-17)23(33)11-16-3-7-30-8-4-16/h5,12-16,25,30H,1-4,6-11H2/t25-/m1/s1. The maximum atomic E-state index is 13.0. The third-order valence-corrected chi connectivity index (χ3v) is 8.57. The summed E-state index contributed by atoms with van der Waals surface area (Å²) in [6.07, 6.45) is 9.81. The molecule has 1 N–H and O–H groups in total. The van der Waals surface area contributed by atoms with Gasteiger partial charge in [0.1, 0.15) is 0 Å². The lowest BCUT2D eigenvalue weighted by atomic mass is 9.82. The van der Waals surface area contributed by atoms with E-state index < -0.39 is 0 Å². The molecule has 1 fully saturated rings. The molecule has 1 aromatic heterocycles. The zero-order valence-corrected chi connectivity index (χ0v) is 22.5. The topological polar surface area (TPSA) is 45.2 Å². The number of amides is 1. The SMILES string of the molecule is O=C(CC1CCNCC1)N1CC=C([C@H]2c3ncc(Br)cc3CCc3cc(Cl)cc(Br)c32)CC1. The van der Waals surface area contributed by atoms with E-state index in [4.69, 9.17) is 16.6 Å². The van der Waals surface area contributed by atoms with Crippen LogP contribution in [0.3, 0.4) is 0 Å². The van der Waals surface area contributed by atoms with Crippen molar-refractivity contribution in [2.75, 3.05) is 26.2 Å². The highest BCUT2D eigenvalue weighted by atomic mass is 79.9. The van der Waals surface area contributed by atoms with Gasteiger partial charge < -0.3 is 10.2 Å². The number of nitrogens with one attached hydrogen (secondary N) is 1. The Morgan fingerprint density at radius 1 is 1.12 bits per heavy atom. The number of benzene rings is 1. The van der Waals surface area contributed by atoms with Crippen molar-refractivity contribution in [3.05, 3.63) is 72.4 Å². The molecule has 1 aromatic carbocycles. The number of hydrogen-bond donors (Lipinski definition) is 1. The maximum Gasteiger partial charge on any atom is 0.223 e. The molecule has 1 amide bonds. The van der Waals surface area contributed by atoms with Crippen LogP contribution in [-0.2, 0) is 17.6 Å². The van der Waals surface area contributed by atoms with Crippen LogP contribution in [0.15, 0.2) is 45.0 Å². The van der Waals surface area contributed by atoms with E-state index in [1.807, 2.05) is 17.2 Å². The van der Waals surface area contributed by atoms with Crippen LogP contribution in [0.2, 0.25) is 5.02 Å². The summed E-state index contributed by atoms with van der Waals surface area (Å²) in [5, 5.41) is 4.14.